The van der Waals surface area contributed by atoms with Gasteiger partial charge in [0.1, 0.15) is 0 Å². The molecule has 1 amide bonds. The van der Waals surface area contributed by atoms with Crippen LogP contribution in [0.5, 0.6) is 0 Å². The van der Waals surface area contributed by atoms with Crippen molar-refractivity contribution in [3.8, 4) is 11.4 Å². The number of methoxy groups -OCH3 is 1. The number of nitrogens with one attached hydrogen (secondary N) is 1. The van der Waals surface area contributed by atoms with E-state index in [2.05, 4.69) is 20.1 Å². The van der Waals surface area contributed by atoms with Crippen LogP contribution in [0.2, 0.25) is 0 Å². The number of amides is 1. The fourth-order valence-electron chi connectivity index (χ4n) is 2.61. The van der Waals surface area contributed by atoms with Crippen LogP contribution in [0, 0.1) is 0 Å². The SMILES string of the molecule is COCCCn1c(SCC(=O)Nc2ccccc2)nnc1-c1ccccc1. The average molecular weight is 382 g/mol. The molecule has 0 fully saturated rings. The van der Waals surface area contributed by atoms with Gasteiger partial charge in [-0.2, -0.15) is 0 Å². The van der Waals surface area contributed by atoms with Gasteiger partial charge in [0.05, 0.1) is 5.75 Å². The van der Waals surface area contributed by atoms with E-state index < -0.39 is 0 Å². The zero-order chi connectivity index (χ0) is 18.9. The van der Waals surface area contributed by atoms with Crippen molar-refractivity contribution in [2.45, 2.75) is 18.1 Å². The molecule has 1 N–H and O–H groups in total. The molecule has 0 atom stereocenters. The molecule has 0 unspecified atom stereocenters. The van der Waals surface area contributed by atoms with E-state index in [-0.39, 0.29) is 11.7 Å². The highest BCUT2D eigenvalue weighted by Crippen LogP contribution is 2.24. The van der Waals surface area contributed by atoms with E-state index in [1.165, 1.54) is 11.8 Å². The molecular weight excluding hydrogens is 360 g/mol. The van der Waals surface area contributed by atoms with E-state index in [0.29, 0.717) is 6.61 Å². The normalized spacial score (nSPS) is 10.7. The van der Waals surface area contributed by atoms with E-state index in [1.54, 1.807) is 7.11 Å². The summed E-state index contributed by atoms with van der Waals surface area (Å²) in [6, 6.07) is 19.4. The summed E-state index contributed by atoms with van der Waals surface area (Å²) in [7, 11) is 1.69. The van der Waals surface area contributed by atoms with E-state index >= 15 is 0 Å². The summed E-state index contributed by atoms with van der Waals surface area (Å²) >= 11 is 1.38. The van der Waals surface area contributed by atoms with Gasteiger partial charge >= 0.3 is 0 Å². The Hall–Kier alpha value is -2.64. The Morgan fingerprint density at radius 1 is 1.07 bits per heavy atom. The summed E-state index contributed by atoms with van der Waals surface area (Å²) in [5.74, 6) is 1.00. The summed E-state index contributed by atoms with van der Waals surface area (Å²) in [5, 5.41) is 12.3. The van der Waals surface area contributed by atoms with Crippen molar-refractivity contribution in [1.29, 1.82) is 0 Å². The van der Waals surface area contributed by atoms with Crippen molar-refractivity contribution in [2.75, 3.05) is 24.8 Å². The third kappa shape index (κ3) is 5.42. The zero-order valence-corrected chi connectivity index (χ0v) is 16.0. The molecule has 0 saturated heterocycles. The highest BCUT2D eigenvalue weighted by atomic mass is 32.2. The van der Waals surface area contributed by atoms with Crippen molar-refractivity contribution < 1.29 is 9.53 Å². The van der Waals surface area contributed by atoms with E-state index in [0.717, 1.165) is 35.2 Å². The highest BCUT2D eigenvalue weighted by Gasteiger charge is 2.15. The number of hydrogen-bond donors (Lipinski definition) is 1. The van der Waals surface area contributed by atoms with Crippen molar-refractivity contribution in [2.24, 2.45) is 0 Å². The number of hydrogen-bond acceptors (Lipinski definition) is 5. The van der Waals surface area contributed by atoms with Gasteiger partial charge in [-0.25, -0.2) is 0 Å². The number of carbonyl (C=O) groups excluding carboxylic acids is 1. The second-order valence-corrected chi connectivity index (χ2v) is 6.82. The molecule has 1 heterocycles. The van der Waals surface area contributed by atoms with Crippen LogP contribution in [0.25, 0.3) is 11.4 Å². The van der Waals surface area contributed by atoms with Gasteiger partial charge in [-0.05, 0) is 18.6 Å². The topological polar surface area (TPSA) is 69.0 Å². The molecule has 0 aliphatic carbocycles. The van der Waals surface area contributed by atoms with Crippen LogP contribution in [-0.4, -0.2) is 40.1 Å². The number of para-hydroxylation sites is 1. The van der Waals surface area contributed by atoms with Gasteiger partial charge in [0.2, 0.25) is 5.91 Å². The first-order valence-corrected chi connectivity index (χ1v) is 9.72. The van der Waals surface area contributed by atoms with Crippen molar-refractivity contribution in [3.05, 3.63) is 60.7 Å². The predicted molar refractivity (Wildman–Crippen MR) is 108 cm³/mol. The molecular formula is C20H22N4O2S. The molecule has 2 aromatic carbocycles. The Kier molecular flexibility index (Phi) is 7.01. The summed E-state index contributed by atoms with van der Waals surface area (Å²) in [6.45, 7) is 1.39. The lowest BCUT2D eigenvalue weighted by molar-refractivity contribution is -0.113. The lowest BCUT2D eigenvalue weighted by atomic mass is 10.2. The number of ether oxygens (including phenoxy) is 1. The van der Waals surface area contributed by atoms with Gasteiger partial charge in [-0.15, -0.1) is 10.2 Å². The quantitative estimate of drug-likeness (QED) is 0.451. The predicted octanol–water partition coefficient (Wildman–Crippen LogP) is 3.71. The van der Waals surface area contributed by atoms with Crippen molar-refractivity contribution in [1.82, 2.24) is 14.8 Å². The van der Waals surface area contributed by atoms with E-state index in [9.17, 15) is 4.79 Å². The minimum absolute atomic E-state index is 0.0705. The summed E-state index contributed by atoms with van der Waals surface area (Å²) in [6.07, 6.45) is 0.845. The molecule has 0 aliphatic heterocycles. The first-order chi connectivity index (χ1) is 13.3. The first kappa shape index (κ1) is 19.1. The lowest BCUT2D eigenvalue weighted by Gasteiger charge is -2.10. The molecule has 140 valence electrons. The van der Waals surface area contributed by atoms with Crippen LogP contribution in [0.15, 0.2) is 65.8 Å². The molecule has 6 nitrogen and oxygen atoms in total. The first-order valence-electron chi connectivity index (χ1n) is 8.73. The molecule has 3 rings (SSSR count). The van der Waals surface area contributed by atoms with E-state index in [1.807, 2.05) is 60.7 Å². The molecule has 0 bridgehead atoms. The van der Waals surface area contributed by atoms with Crippen LogP contribution in [0.1, 0.15) is 6.42 Å². The Labute approximate surface area is 163 Å². The molecule has 0 spiro atoms. The van der Waals surface area contributed by atoms with Gasteiger partial charge in [-0.1, -0.05) is 60.3 Å². The fraction of sp³-hybridized carbons (Fsp3) is 0.250. The number of benzene rings is 2. The lowest BCUT2D eigenvalue weighted by Crippen LogP contribution is -2.14. The number of nitrogens with zero attached hydrogens (tertiary/aromatic N) is 3. The number of aromatic nitrogens is 3. The minimum atomic E-state index is -0.0705. The summed E-state index contributed by atoms with van der Waals surface area (Å²) in [4.78, 5) is 12.2. The summed E-state index contributed by atoms with van der Waals surface area (Å²) in [5.41, 5.74) is 1.79. The number of thioether (sulfide) groups is 1. The molecule has 3 aromatic rings. The standard InChI is InChI=1S/C20H22N4O2S/c1-26-14-8-13-24-19(16-9-4-2-5-10-16)22-23-20(24)27-15-18(25)21-17-11-6-3-7-12-17/h2-7,9-12H,8,13-15H2,1H3,(H,21,25). The molecule has 0 radical (unpaired) electrons. The van der Waals surface area contributed by atoms with Crippen molar-refractivity contribution in [3.63, 3.8) is 0 Å². The van der Waals surface area contributed by atoms with Gasteiger partial charge in [0, 0.05) is 31.5 Å². The van der Waals surface area contributed by atoms with Crippen molar-refractivity contribution >= 4 is 23.4 Å². The molecule has 1 aromatic heterocycles. The Morgan fingerprint density at radius 2 is 1.78 bits per heavy atom. The minimum Gasteiger partial charge on any atom is -0.385 e. The Bertz CT molecular complexity index is 853. The molecule has 0 aliphatic rings. The molecule has 27 heavy (non-hydrogen) atoms. The molecule has 7 heteroatoms. The van der Waals surface area contributed by atoms with Gasteiger partial charge in [-0.3, -0.25) is 4.79 Å². The average Bonchev–Trinajstić information content (AvgIpc) is 3.11. The smallest absolute Gasteiger partial charge is 0.234 e. The van der Waals surface area contributed by atoms with E-state index in [4.69, 9.17) is 4.74 Å². The maximum Gasteiger partial charge on any atom is 0.234 e. The van der Waals surface area contributed by atoms with Crippen LogP contribution in [-0.2, 0) is 16.1 Å². The number of rotatable bonds is 9. The van der Waals surface area contributed by atoms with Gasteiger partial charge < -0.3 is 14.6 Å². The van der Waals surface area contributed by atoms with Gasteiger partial charge in [0.15, 0.2) is 11.0 Å². The van der Waals surface area contributed by atoms with Crippen LogP contribution < -0.4 is 5.32 Å². The fourth-order valence-corrected chi connectivity index (χ4v) is 3.38. The third-order valence-corrected chi connectivity index (χ3v) is 4.84. The highest BCUT2D eigenvalue weighted by molar-refractivity contribution is 7.99. The van der Waals surface area contributed by atoms with Crippen LogP contribution in [0.3, 0.4) is 0 Å². The second kappa shape index (κ2) is 9.89. The number of anilines is 1. The third-order valence-electron chi connectivity index (χ3n) is 3.87. The number of carbonyl (C=O) groups is 1. The zero-order valence-electron chi connectivity index (χ0n) is 15.2. The summed E-state index contributed by atoms with van der Waals surface area (Å²) < 4.78 is 7.22. The van der Waals surface area contributed by atoms with Crippen LogP contribution in [0.4, 0.5) is 5.69 Å². The maximum absolute atomic E-state index is 12.2. The Morgan fingerprint density at radius 3 is 2.48 bits per heavy atom. The molecule has 0 saturated carbocycles. The maximum atomic E-state index is 12.2. The van der Waals surface area contributed by atoms with Crippen LogP contribution >= 0.6 is 11.8 Å². The monoisotopic (exact) mass is 382 g/mol. The Balaban J connectivity index is 1.70. The largest absolute Gasteiger partial charge is 0.385 e. The van der Waals surface area contributed by atoms with Gasteiger partial charge in [0.25, 0.3) is 0 Å². The second-order valence-electron chi connectivity index (χ2n) is 5.87.